The maximum Gasteiger partial charge on any atom is 0.243 e. The monoisotopic (exact) mass is 404 g/mol. The lowest BCUT2D eigenvalue weighted by Gasteiger charge is -2.23. The Balaban J connectivity index is 1.71. The van der Waals surface area contributed by atoms with Gasteiger partial charge >= 0.3 is 0 Å². The Hall–Kier alpha value is -2.09. The molecule has 1 saturated heterocycles. The van der Waals surface area contributed by atoms with Crippen LogP contribution in [0.15, 0.2) is 53.4 Å². The van der Waals surface area contributed by atoms with E-state index >= 15 is 0 Å². The number of benzene rings is 2. The number of ether oxygens (including phenoxy) is 2. The van der Waals surface area contributed by atoms with Crippen molar-refractivity contribution in [2.45, 2.75) is 18.2 Å². The standard InChI is InChI=1S/C21H28N2O4S/c1-18-17-20(9-10-21(18)27-16-15-26-2)28(24,25)23-12-6-11-22(13-14-23)19-7-4-3-5-8-19/h3-5,7-10,17H,6,11-16H2,1-2H3. The van der Waals surface area contributed by atoms with Gasteiger partial charge in [0.15, 0.2) is 0 Å². The highest BCUT2D eigenvalue weighted by atomic mass is 32.2. The second-order valence-corrected chi connectivity index (χ2v) is 8.79. The van der Waals surface area contributed by atoms with E-state index in [4.69, 9.17) is 9.47 Å². The summed E-state index contributed by atoms with van der Waals surface area (Å²) in [6, 6.07) is 15.2. The van der Waals surface area contributed by atoms with Crippen LogP contribution in [0.1, 0.15) is 12.0 Å². The molecule has 6 nitrogen and oxygen atoms in total. The van der Waals surface area contributed by atoms with Crippen LogP contribution in [0.4, 0.5) is 5.69 Å². The van der Waals surface area contributed by atoms with Crippen molar-refractivity contribution in [3.05, 3.63) is 54.1 Å². The Labute approximate surface area is 167 Å². The smallest absolute Gasteiger partial charge is 0.243 e. The van der Waals surface area contributed by atoms with Crippen molar-refractivity contribution in [1.29, 1.82) is 0 Å². The molecule has 0 bridgehead atoms. The van der Waals surface area contributed by atoms with Gasteiger partial charge in [0, 0.05) is 39.0 Å². The summed E-state index contributed by atoms with van der Waals surface area (Å²) < 4.78 is 38.5. The molecule has 1 fully saturated rings. The Bertz CT molecular complexity index is 871. The van der Waals surface area contributed by atoms with Crippen LogP contribution in [0.3, 0.4) is 0 Å². The topological polar surface area (TPSA) is 59.1 Å². The Kier molecular flexibility index (Phi) is 6.93. The molecule has 0 aliphatic carbocycles. The van der Waals surface area contributed by atoms with E-state index in [0.717, 1.165) is 24.2 Å². The molecule has 2 aromatic rings. The van der Waals surface area contributed by atoms with Crippen LogP contribution in [0.5, 0.6) is 5.75 Å². The first-order valence-corrected chi connectivity index (χ1v) is 11.0. The van der Waals surface area contributed by atoms with Gasteiger partial charge in [-0.05, 0) is 49.2 Å². The number of sulfonamides is 1. The fraction of sp³-hybridized carbons (Fsp3) is 0.429. The minimum Gasteiger partial charge on any atom is -0.491 e. The molecule has 28 heavy (non-hydrogen) atoms. The second-order valence-electron chi connectivity index (χ2n) is 6.85. The maximum absolute atomic E-state index is 13.2. The van der Waals surface area contributed by atoms with Crippen LogP contribution in [0.2, 0.25) is 0 Å². The van der Waals surface area contributed by atoms with Gasteiger partial charge in [-0.1, -0.05) is 18.2 Å². The highest BCUT2D eigenvalue weighted by molar-refractivity contribution is 7.89. The number of hydrogen-bond donors (Lipinski definition) is 0. The van der Waals surface area contributed by atoms with E-state index in [1.807, 2.05) is 25.1 Å². The summed E-state index contributed by atoms with van der Waals surface area (Å²) in [4.78, 5) is 2.56. The average Bonchev–Trinajstić information content (AvgIpc) is 2.97. The van der Waals surface area contributed by atoms with Gasteiger partial charge in [0.05, 0.1) is 11.5 Å². The van der Waals surface area contributed by atoms with E-state index in [2.05, 4.69) is 17.0 Å². The molecule has 0 radical (unpaired) electrons. The summed E-state index contributed by atoms with van der Waals surface area (Å²) in [5.74, 6) is 0.683. The van der Waals surface area contributed by atoms with E-state index < -0.39 is 10.0 Å². The molecule has 152 valence electrons. The summed E-state index contributed by atoms with van der Waals surface area (Å²) in [5.41, 5.74) is 1.94. The lowest BCUT2D eigenvalue weighted by molar-refractivity contribution is 0.146. The van der Waals surface area contributed by atoms with Gasteiger partial charge in [0.1, 0.15) is 12.4 Å². The van der Waals surface area contributed by atoms with Gasteiger partial charge in [-0.25, -0.2) is 8.42 Å². The molecule has 1 aliphatic rings. The molecule has 7 heteroatoms. The van der Waals surface area contributed by atoms with Gasteiger partial charge < -0.3 is 14.4 Å². The van der Waals surface area contributed by atoms with Crippen LogP contribution in [-0.2, 0) is 14.8 Å². The molecule has 0 atom stereocenters. The largest absolute Gasteiger partial charge is 0.491 e. The quantitative estimate of drug-likeness (QED) is 0.664. The molecule has 0 aromatic heterocycles. The van der Waals surface area contributed by atoms with Crippen LogP contribution in [0, 0.1) is 6.92 Å². The van der Waals surface area contributed by atoms with Crippen molar-refractivity contribution in [2.75, 3.05) is 51.4 Å². The maximum atomic E-state index is 13.2. The van der Waals surface area contributed by atoms with Crippen LogP contribution in [0.25, 0.3) is 0 Å². The molecule has 1 aliphatic heterocycles. The number of rotatable bonds is 7. The Morgan fingerprint density at radius 3 is 2.46 bits per heavy atom. The third kappa shape index (κ3) is 4.84. The third-order valence-electron chi connectivity index (χ3n) is 4.91. The molecule has 3 rings (SSSR count). The van der Waals surface area contributed by atoms with Gasteiger partial charge in [0.2, 0.25) is 10.0 Å². The first-order valence-electron chi connectivity index (χ1n) is 9.55. The normalized spacial score (nSPS) is 16.0. The number of hydrogen-bond acceptors (Lipinski definition) is 5. The van der Waals surface area contributed by atoms with Crippen molar-refractivity contribution in [3.63, 3.8) is 0 Å². The zero-order chi connectivity index (χ0) is 20.0. The number of aryl methyl sites for hydroxylation is 1. The van der Waals surface area contributed by atoms with Crippen molar-refractivity contribution in [3.8, 4) is 5.75 Å². The second kappa shape index (κ2) is 9.41. The Morgan fingerprint density at radius 1 is 0.964 bits per heavy atom. The third-order valence-corrected chi connectivity index (χ3v) is 6.80. The molecule has 2 aromatic carbocycles. The summed E-state index contributed by atoms with van der Waals surface area (Å²) >= 11 is 0. The fourth-order valence-corrected chi connectivity index (χ4v) is 4.91. The van der Waals surface area contributed by atoms with Crippen LogP contribution >= 0.6 is 0 Å². The van der Waals surface area contributed by atoms with Crippen LogP contribution < -0.4 is 9.64 Å². The van der Waals surface area contributed by atoms with Crippen molar-refractivity contribution in [1.82, 2.24) is 4.31 Å². The average molecular weight is 405 g/mol. The molecular weight excluding hydrogens is 376 g/mol. The van der Waals surface area contributed by atoms with Gasteiger partial charge in [-0.15, -0.1) is 0 Å². The van der Waals surface area contributed by atoms with E-state index in [-0.39, 0.29) is 0 Å². The molecular formula is C21H28N2O4S. The van der Waals surface area contributed by atoms with Gasteiger partial charge in [0.25, 0.3) is 0 Å². The molecule has 0 saturated carbocycles. The highest BCUT2D eigenvalue weighted by Crippen LogP contribution is 2.25. The number of para-hydroxylation sites is 1. The highest BCUT2D eigenvalue weighted by Gasteiger charge is 2.27. The Morgan fingerprint density at radius 2 is 1.75 bits per heavy atom. The summed E-state index contributed by atoms with van der Waals surface area (Å²) in [6.07, 6.45) is 0.797. The number of anilines is 1. The first kappa shape index (κ1) is 20.6. The lowest BCUT2D eigenvalue weighted by atomic mass is 10.2. The minimum atomic E-state index is -3.53. The van der Waals surface area contributed by atoms with Crippen LogP contribution in [-0.4, -0.2) is 59.2 Å². The summed E-state index contributed by atoms with van der Waals surface area (Å²) in [6.45, 7) is 5.32. The van der Waals surface area contributed by atoms with Crippen molar-refractivity contribution in [2.24, 2.45) is 0 Å². The molecule has 0 unspecified atom stereocenters. The molecule has 0 spiro atoms. The minimum absolute atomic E-state index is 0.317. The molecule has 1 heterocycles. The van der Waals surface area contributed by atoms with Crippen molar-refractivity contribution >= 4 is 15.7 Å². The number of methoxy groups -OCH3 is 1. The van der Waals surface area contributed by atoms with E-state index in [1.165, 1.54) is 0 Å². The van der Waals surface area contributed by atoms with Gasteiger partial charge in [-0.2, -0.15) is 4.31 Å². The van der Waals surface area contributed by atoms with E-state index in [1.54, 1.807) is 29.6 Å². The van der Waals surface area contributed by atoms with Crippen molar-refractivity contribution < 1.29 is 17.9 Å². The van der Waals surface area contributed by atoms with E-state index in [9.17, 15) is 8.42 Å². The number of nitrogens with zero attached hydrogens (tertiary/aromatic N) is 2. The zero-order valence-corrected chi connectivity index (χ0v) is 17.3. The summed E-state index contributed by atoms with van der Waals surface area (Å²) in [5, 5.41) is 0. The first-order chi connectivity index (χ1) is 13.5. The molecule has 0 amide bonds. The lowest BCUT2D eigenvalue weighted by Crippen LogP contribution is -2.35. The summed E-state index contributed by atoms with van der Waals surface area (Å²) in [7, 11) is -1.91. The van der Waals surface area contributed by atoms with E-state index in [0.29, 0.717) is 43.5 Å². The predicted molar refractivity (Wildman–Crippen MR) is 111 cm³/mol. The fourth-order valence-electron chi connectivity index (χ4n) is 3.36. The predicted octanol–water partition coefficient (Wildman–Crippen LogP) is 2.92. The molecule has 0 N–H and O–H groups in total. The zero-order valence-electron chi connectivity index (χ0n) is 16.5. The SMILES string of the molecule is COCCOc1ccc(S(=O)(=O)N2CCCN(c3ccccc3)CC2)cc1C. The van der Waals surface area contributed by atoms with Gasteiger partial charge in [-0.3, -0.25) is 0 Å².